The molecule has 0 fully saturated rings. The first-order chi connectivity index (χ1) is 16.1. The molecule has 3 aromatic rings. The van der Waals surface area contributed by atoms with E-state index in [1.54, 1.807) is 38.1 Å². The number of benzene rings is 3. The molecular weight excluding hydrogens is 591 g/mol. The van der Waals surface area contributed by atoms with Crippen molar-refractivity contribution in [2.75, 3.05) is 18.4 Å². The minimum absolute atomic E-state index is 0.0381. The Morgan fingerprint density at radius 2 is 1.68 bits per heavy atom. The summed E-state index contributed by atoms with van der Waals surface area (Å²) >= 11 is 6.48. The highest BCUT2D eigenvalue weighted by Crippen LogP contribution is 2.33. The Kier molecular flexibility index (Phi) is 8.86. The quantitative estimate of drug-likeness (QED) is 0.305. The third-order valence-electron chi connectivity index (χ3n) is 4.96. The Bertz CT molecular complexity index is 1280. The van der Waals surface area contributed by atoms with E-state index < -0.39 is 21.7 Å². The van der Waals surface area contributed by atoms with E-state index in [2.05, 4.69) is 37.2 Å². The number of hydrogen-bond acceptors (Lipinski definition) is 4. The summed E-state index contributed by atoms with van der Waals surface area (Å²) in [6.45, 7) is 4.15. The van der Waals surface area contributed by atoms with Crippen molar-refractivity contribution in [1.82, 2.24) is 4.31 Å². The molecule has 0 aliphatic heterocycles. The fraction of sp³-hybridized carbons (Fsp3) is 0.208. The second-order valence-electron chi connectivity index (χ2n) is 7.28. The number of nitrogens with zero attached hydrogens (tertiary/aromatic N) is 1. The SMILES string of the molecule is CCN(CC)S(=O)(=O)c1ccc(Oc2ccc(Br)cc2)c(NC(=O)Cc2ccc(F)c(Br)c2)c1. The number of nitrogens with one attached hydrogen (secondary N) is 1. The normalized spacial score (nSPS) is 11.5. The number of amides is 1. The predicted molar refractivity (Wildman–Crippen MR) is 137 cm³/mol. The number of sulfonamides is 1. The molecule has 10 heteroatoms. The summed E-state index contributed by atoms with van der Waals surface area (Å²) in [4.78, 5) is 12.8. The van der Waals surface area contributed by atoms with Crippen LogP contribution in [0.15, 0.2) is 74.5 Å². The van der Waals surface area contributed by atoms with E-state index in [-0.39, 0.29) is 27.2 Å². The summed E-state index contributed by atoms with van der Waals surface area (Å²) in [5.41, 5.74) is 0.801. The zero-order chi connectivity index (χ0) is 24.9. The molecule has 0 atom stereocenters. The minimum atomic E-state index is -3.75. The van der Waals surface area contributed by atoms with Gasteiger partial charge in [0.05, 0.1) is 21.5 Å². The topological polar surface area (TPSA) is 75.7 Å². The van der Waals surface area contributed by atoms with Gasteiger partial charge in [0.2, 0.25) is 15.9 Å². The highest BCUT2D eigenvalue weighted by atomic mass is 79.9. The molecule has 1 amide bonds. The van der Waals surface area contributed by atoms with Crippen molar-refractivity contribution in [2.45, 2.75) is 25.2 Å². The average Bonchev–Trinajstić information content (AvgIpc) is 2.79. The third kappa shape index (κ3) is 6.44. The molecule has 0 spiro atoms. The highest BCUT2D eigenvalue weighted by molar-refractivity contribution is 9.10. The molecule has 3 rings (SSSR count). The summed E-state index contributed by atoms with van der Waals surface area (Å²) in [7, 11) is -3.75. The van der Waals surface area contributed by atoms with E-state index in [4.69, 9.17) is 4.74 Å². The molecule has 6 nitrogen and oxygen atoms in total. The lowest BCUT2D eigenvalue weighted by Crippen LogP contribution is -2.30. The van der Waals surface area contributed by atoms with Crippen LogP contribution in [0.25, 0.3) is 0 Å². The molecule has 180 valence electrons. The van der Waals surface area contributed by atoms with Crippen molar-refractivity contribution < 1.29 is 22.3 Å². The zero-order valence-corrected chi connectivity index (χ0v) is 22.5. The largest absolute Gasteiger partial charge is 0.455 e. The van der Waals surface area contributed by atoms with Gasteiger partial charge in [-0.25, -0.2) is 12.8 Å². The summed E-state index contributed by atoms with van der Waals surface area (Å²) in [6.07, 6.45) is -0.0381. The van der Waals surface area contributed by atoms with Gasteiger partial charge in [0, 0.05) is 17.6 Å². The Morgan fingerprint density at radius 1 is 1.00 bits per heavy atom. The van der Waals surface area contributed by atoms with Gasteiger partial charge in [-0.2, -0.15) is 4.31 Å². The first kappa shape index (κ1) is 26.3. The minimum Gasteiger partial charge on any atom is -0.455 e. The molecule has 0 saturated carbocycles. The molecular formula is C24H23Br2FN2O4S. The molecule has 0 saturated heterocycles. The molecule has 0 aliphatic rings. The van der Waals surface area contributed by atoms with Crippen molar-refractivity contribution in [3.05, 3.63) is 81.0 Å². The van der Waals surface area contributed by atoms with Gasteiger partial charge in [0.1, 0.15) is 11.6 Å². The van der Waals surface area contributed by atoms with Crippen molar-refractivity contribution >= 4 is 53.5 Å². The number of anilines is 1. The number of rotatable bonds is 9. The monoisotopic (exact) mass is 612 g/mol. The van der Waals surface area contributed by atoms with Crippen LogP contribution in [0.5, 0.6) is 11.5 Å². The lowest BCUT2D eigenvalue weighted by molar-refractivity contribution is -0.115. The van der Waals surface area contributed by atoms with Crippen LogP contribution in [-0.2, 0) is 21.2 Å². The van der Waals surface area contributed by atoms with Crippen LogP contribution in [0.1, 0.15) is 19.4 Å². The molecule has 3 aromatic carbocycles. The van der Waals surface area contributed by atoms with Crippen LogP contribution in [-0.4, -0.2) is 31.7 Å². The van der Waals surface area contributed by atoms with Gasteiger partial charge in [-0.3, -0.25) is 4.79 Å². The van der Waals surface area contributed by atoms with Gasteiger partial charge in [0.25, 0.3) is 0 Å². The molecule has 0 unspecified atom stereocenters. The number of hydrogen-bond donors (Lipinski definition) is 1. The molecule has 1 N–H and O–H groups in total. The number of halogens is 3. The molecule has 0 aromatic heterocycles. The van der Waals surface area contributed by atoms with E-state index in [1.807, 2.05) is 0 Å². The number of carbonyl (C=O) groups is 1. The smallest absolute Gasteiger partial charge is 0.243 e. The van der Waals surface area contributed by atoms with Crippen LogP contribution in [0, 0.1) is 5.82 Å². The van der Waals surface area contributed by atoms with Crippen LogP contribution in [0.3, 0.4) is 0 Å². The number of ether oxygens (including phenoxy) is 1. The molecule has 34 heavy (non-hydrogen) atoms. The van der Waals surface area contributed by atoms with E-state index in [9.17, 15) is 17.6 Å². The maximum absolute atomic E-state index is 13.5. The van der Waals surface area contributed by atoms with Crippen LogP contribution < -0.4 is 10.1 Å². The second kappa shape index (κ2) is 11.4. The molecule has 0 aliphatic carbocycles. The molecule has 0 bridgehead atoms. The van der Waals surface area contributed by atoms with Gasteiger partial charge in [0.15, 0.2) is 5.75 Å². The summed E-state index contributed by atoms with van der Waals surface area (Å²) in [6, 6.07) is 15.8. The van der Waals surface area contributed by atoms with E-state index in [0.717, 1.165) is 4.47 Å². The average molecular weight is 614 g/mol. The lowest BCUT2D eigenvalue weighted by Gasteiger charge is -2.20. The highest BCUT2D eigenvalue weighted by Gasteiger charge is 2.23. The fourth-order valence-electron chi connectivity index (χ4n) is 3.23. The van der Waals surface area contributed by atoms with Gasteiger partial charge in [-0.15, -0.1) is 0 Å². The van der Waals surface area contributed by atoms with Crippen LogP contribution in [0.2, 0.25) is 0 Å². The first-order valence-electron chi connectivity index (χ1n) is 10.5. The maximum atomic E-state index is 13.5. The summed E-state index contributed by atoms with van der Waals surface area (Å²) in [5.74, 6) is -0.0322. The Morgan fingerprint density at radius 3 is 2.29 bits per heavy atom. The third-order valence-corrected chi connectivity index (χ3v) is 8.14. The van der Waals surface area contributed by atoms with Crippen molar-refractivity contribution in [2.24, 2.45) is 0 Å². The molecule has 0 heterocycles. The van der Waals surface area contributed by atoms with E-state index >= 15 is 0 Å². The fourth-order valence-corrected chi connectivity index (χ4v) is 5.40. The van der Waals surface area contributed by atoms with Gasteiger partial charge >= 0.3 is 0 Å². The van der Waals surface area contributed by atoms with Crippen molar-refractivity contribution in [3.8, 4) is 11.5 Å². The Labute approximate surface area is 215 Å². The lowest BCUT2D eigenvalue weighted by atomic mass is 10.1. The zero-order valence-electron chi connectivity index (χ0n) is 18.5. The van der Waals surface area contributed by atoms with Gasteiger partial charge < -0.3 is 10.1 Å². The van der Waals surface area contributed by atoms with Crippen LogP contribution >= 0.6 is 31.9 Å². The standard InChI is InChI=1S/C24H23Br2FN2O4S/c1-3-29(4-2)34(31,32)19-10-12-23(33-18-8-6-17(25)7-9-18)22(15-19)28-24(30)14-16-5-11-21(27)20(26)13-16/h5-13,15H,3-4,14H2,1-2H3,(H,28,30). The Hall–Kier alpha value is -2.27. The Balaban J connectivity index is 1.94. The van der Waals surface area contributed by atoms with Crippen molar-refractivity contribution in [3.63, 3.8) is 0 Å². The summed E-state index contributed by atoms with van der Waals surface area (Å²) in [5, 5.41) is 2.75. The van der Waals surface area contributed by atoms with Gasteiger partial charge in [-0.1, -0.05) is 35.8 Å². The van der Waals surface area contributed by atoms with Crippen LogP contribution in [0.4, 0.5) is 10.1 Å². The maximum Gasteiger partial charge on any atom is 0.243 e. The number of carbonyl (C=O) groups excluding carboxylic acids is 1. The summed E-state index contributed by atoms with van der Waals surface area (Å²) < 4.78 is 48.0. The van der Waals surface area contributed by atoms with Gasteiger partial charge in [-0.05, 0) is 76.1 Å². The first-order valence-corrected chi connectivity index (χ1v) is 13.5. The second-order valence-corrected chi connectivity index (χ2v) is 11.0. The predicted octanol–water partition coefficient (Wildman–Crippen LogP) is 6.35. The van der Waals surface area contributed by atoms with Crippen molar-refractivity contribution in [1.29, 1.82) is 0 Å². The van der Waals surface area contributed by atoms with E-state index in [0.29, 0.717) is 24.4 Å². The molecule has 0 radical (unpaired) electrons. The van der Waals surface area contributed by atoms with E-state index in [1.165, 1.54) is 40.7 Å².